The quantitative estimate of drug-likeness (QED) is 0.437. The van der Waals surface area contributed by atoms with Gasteiger partial charge in [0.15, 0.2) is 5.76 Å². The molecule has 1 N–H and O–H groups in total. The van der Waals surface area contributed by atoms with Crippen LogP contribution in [0, 0.1) is 6.92 Å². The Morgan fingerprint density at radius 1 is 1.19 bits per heavy atom. The predicted octanol–water partition coefficient (Wildman–Crippen LogP) is 2.35. The number of amides is 2. The zero-order chi connectivity index (χ0) is 24.9. The highest BCUT2D eigenvalue weighted by Crippen LogP contribution is 2.28. The summed E-state index contributed by atoms with van der Waals surface area (Å²) in [6.07, 6.45) is 3.54. The highest BCUT2D eigenvalue weighted by molar-refractivity contribution is 7.10. The maximum atomic E-state index is 13.7. The van der Waals surface area contributed by atoms with Crippen LogP contribution < -0.4 is 5.32 Å². The van der Waals surface area contributed by atoms with Gasteiger partial charge in [0, 0.05) is 31.2 Å². The molecule has 3 aromatic heterocycles. The van der Waals surface area contributed by atoms with Crippen LogP contribution >= 0.6 is 11.3 Å². The minimum atomic E-state index is -0.793. The zero-order valence-electron chi connectivity index (χ0n) is 20.2. The Bertz CT molecular complexity index is 1150. The molecule has 0 radical (unpaired) electrons. The first-order valence-corrected chi connectivity index (χ1v) is 13.1. The third-order valence-electron chi connectivity index (χ3n) is 6.34. The highest BCUT2D eigenvalue weighted by atomic mass is 32.1. The number of rotatable bonds is 10. The molecule has 0 spiro atoms. The van der Waals surface area contributed by atoms with Crippen molar-refractivity contribution in [2.24, 2.45) is 0 Å². The van der Waals surface area contributed by atoms with E-state index in [1.165, 1.54) is 16.1 Å². The molecular weight excluding hydrogens is 484 g/mol. The molecule has 2 fully saturated rings. The fraction of sp³-hybridized carbons (Fsp3) is 0.542. The number of carbonyl (C=O) groups excluding carboxylic acids is 2. The maximum Gasteiger partial charge on any atom is 0.248 e. The summed E-state index contributed by atoms with van der Waals surface area (Å²) in [6, 6.07) is 6.53. The number of ether oxygens (including phenoxy) is 2. The van der Waals surface area contributed by atoms with Gasteiger partial charge in [-0.3, -0.25) is 9.59 Å². The SMILES string of the molecule is Cc1ccc(-c2nnn(CC(=O)N(C[C@@H]3CCCO3)[C@H](C(=O)NC[C@@H]3CCCO3)c3cccs3)n2)o1. The molecule has 2 saturated heterocycles. The van der Waals surface area contributed by atoms with Crippen molar-refractivity contribution in [1.82, 2.24) is 30.4 Å². The molecule has 2 aliphatic rings. The van der Waals surface area contributed by atoms with Crippen molar-refractivity contribution in [2.75, 3.05) is 26.3 Å². The number of aromatic nitrogens is 4. The van der Waals surface area contributed by atoms with E-state index >= 15 is 0 Å². The summed E-state index contributed by atoms with van der Waals surface area (Å²) in [6.45, 7) is 3.74. The van der Waals surface area contributed by atoms with Crippen LogP contribution in [-0.4, -0.2) is 75.4 Å². The van der Waals surface area contributed by atoms with Crippen LogP contribution in [0.2, 0.25) is 0 Å². The van der Waals surface area contributed by atoms with Gasteiger partial charge in [-0.1, -0.05) is 6.07 Å². The van der Waals surface area contributed by atoms with E-state index in [1.807, 2.05) is 30.5 Å². The minimum absolute atomic E-state index is 0.00302. The molecule has 0 unspecified atom stereocenters. The summed E-state index contributed by atoms with van der Waals surface area (Å²) in [7, 11) is 0. The Hall–Kier alpha value is -3.09. The second kappa shape index (κ2) is 11.3. The van der Waals surface area contributed by atoms with E-state index in [0.29, 0.717) is 37.9 Å². The second-order valence-corrected chi connectivity index (χ2v) is 10.0. The van der Waals surface area contributed by atoms with Gasteiger partial charge in [0.2, 0.25) is 17.6 Å². The lowest BCUT2D eigenvalue weighted by atomic mass is 10.1. The molecule has 36 heavy (non-hydrogen) atoms. The lowest BCUT2D eigenvalue weighted by molar-refractivity contribution is -0.143. The van der Waals surface area contributed by atoms with E-state index in [2.05, 4.69) is 20.7 Å². The normalized spacial score (nSPS) is 20.5. The summed E-state index contributed by atoms with van der Waals surface area (Å²) >= 11 is 1.44. The molecule has 192 valence electrons. The Kier molecular flexibility index (Phi) is 7.73. The number of tetrazole rings is 1. The first-order chi connectivity index (χ1) is 17.6. The number of carbonyl (C=O) groups is 2. The van der Waals surface area contributed by atoms with Crippen LogP contribution in [0.1, 0.15) is 42.4 Å². The molecule has 2 aliphatic heterocycles. The lowest BCUT2D eigenvalue weighted by Crippen LogP contribution is -2.48. The van der Waals surface area contributed by atoms with Crippen molar-refractivity contribution < 1.29 is 23.5 Å². The first kappa shape index (κ1) is 24.6. The molecule has 5 rings (SSSR count). The molecule has 0 bridgehead atoms. The van der Waals surface area contributed by atoms with Gasteiger partial charge in [0.25, 0.3) is 0 Å². The van der Waals surface area contributed by atoms with Crippen LogP contribution in [0.5, 0.6) is 0 Å². The van der Waals surface area contributed by atoms with E-state index in [1.54, 1.807) is 11.0 Å². The smallest absolute Gasteiger partial charge is 0.248 e. The Morgan fingerprint density at radius 3 is 2.67 bits per heavy atom. The van der Waals surface area contributed by atoms with E-state index in [0.717, 1.165) is 36.3 Å². The van der Waals surface area contributed by atoms with E-state index in [4.69, 9.17) is 13.9 Å². The van der Waals surface area contributed by atoms with E-state index in [9.17, 15) is 9.59 Å². The van der Waals surface area contributed by atoms with E-state index in [-0.39, 0.29) is 30.6 Å². The van der Waals surface area contributed by atoms with Crippen LogP contribution in [0.4, 0.5) is 0 Å². The fourth-order valence-corrected chi connectivity index (χ4v) is 5.36. The third-order valence-corrected chi connectivity index (χ3v) is 7.26. The number of hydrogen-bond donors (Lipinski definition) is 1. The molecule has 0 saturated carbocycles. The number of thiophene rings is 1. The molecule has 3 aromatic rings. The maximum absolute atomic E-state index is 13.7. The van der Waals surface area contributed by atoms with Gasteiger partial charge in [0.05, 0.1) is 12.2 Å². The molecule has 3 atom stereocenters. The molecule has 0 aliphatic carbocycles. The summed E-state index contributed by atoms with van der Waals surface area (Å²) in [5.74, 6) is 0.972. The van der Waals surface area contributed by atoms with Gasteiger partial charge < -0.3 is 24.1 Å². The van der Waals surface area contributed by atoms with Crippen molar-refractivity contribution in [3.05, 3.63) is 40.3 Å². The van der Waals surface area contributed by atoms with Crippen LogP contribution in [-0.2, 0) is 25.6 Å². The topological polar surface area (TPSA) is 125 Å². The Balaban J connectivity index is 1.36. The number of furan rings is 1. The van der Waals surface area contributed by atoms with Gasteiger partial charge in [-0.15, -0.1) is 21.5 Å². The van der Waals surface area contributed by atoms with Crippen molar-refractivity contribution in [3.63, 3.8) is 0 Å². The molecular formula is C24H30N6O5S. The number of nitrogens with one attached hydrogen (secondary N) is 1. The lowest BCUT2D eigenvalue weighted by Gasteiger charge is -2.32. The molecule has 2 amide bonds. The minimum Gasteiger partial charge on any atom is -0.458 e. The van der Waals surface area contributed by atoms with Crippen LogP contribution in [0.25, 0.3) is 11.6 Å². The van der Waals surface area contributed by atoms with Gasteiger partial charge in [0.1, 0.15) is 18.3 Å². The van der Waals surface area contributed by atoms with Crippen molar-refractivity contribution in [3.8, 4) is 11.6 Å². The van der Waals surface area contributed by atoms with Crippen molar-refractivity contribution in [1.29, 1.82) is 0 Å². The van der Waals surface area contributed by atoms with Crippen molar-refractivity contribution >= 4 is 23.2 Å². The van der Waals surface area contributed by atoms with Gasteiger partial charge in [-0.2, -0.15) is 4.80 Å². The molecule has 11 nitrogen and oxygen atoms in total. The summed E-state index contributed by atoms with van der Waals surface area (Å²) in [5.41, 5.74) is 0. The highest BCUT2D eigenvalue weighted by Gasteiger charge is 2.35. The number of aryl methyl sites for hydroxylation is 1. The van der Waals surface area contributed by atoms with Gasteiger partial charge in [-0.05, 0) is 61.4 Å². The predicted molar refractivity (Wildman–Crippen MR) is 130 cm³/mol. The van der Waals surface area contributed by atoms with Crippen molar-refractivity contribution in [2.45, 2.75) is 57.4 Å². The number of hydrogen-bond acceptors (Lipinski definition) is 9. The summed E-state index contributed by atoms with van der Waals surface area (Å²) < 4.78 is 17.1. The number of nitrogens with zero attached hydrogens (tertiary/aromatic N) is 5. The van der Waals surface area contributed by atoms with E-state index < -0.39 is 6.04 Å². The monoisotopic (exact) mass is 514 g/mol. The first-order valence-electron chi connectivity index (χ1n) is 12.3. The standard InChI is InChI=1S/C24H30N6O5S/c1-16-8-9-19(35-16)23-26-28-30(27-23)15-21(31)29(14-18-6-3-11-34-18)22(20-7-4-12-36-20)24(32)25-13-17-5-2-10-33-17/h4,7-9,12,17-18,22H,2-3,5-6,10-11,13-15H2,1H3,(H,25,32)/t17-,18-,22-/m0/s1. The molecule has 0 aromatic carbocycles. The van der Waals surface area contributed by atoms with Gasteiger partial charge in [-0.25, -0.2) is 0 Å². The summed E-state index contributed by atoms with van der Waals surface area (Å²) in [5, 5.41) is 17.3. The average molecular weight is 515 g/mol. The fourth-order valence-electron chi connectivity index (χ4n) is 4.52. The van der Waals surface area contributed by atoms with Crippen LogP contribution in [0.3, 0.4) is 0 Å². The Labute approximate surface area is 212 Å². The molecule has 5 heterocycles. The summed E-state index contributed by atoms with van der Waals surface area (Å²) in [4.78, 5) is 30.8. The molecule has 12 heteroatoms. The third kappa shape index (κ3) is 5.82. The Morgan fingerprint density at radius 2 is 2.00 bits per heavy atom. The average Bonchev–Trinajstić information content (AvgIpc) is 3.68. The second-order valence-electron chi connectivity index (χ2n) is 9.03. The van der Waals surface area contributed by atoms with Gasteiger partial charge >= 0.3 is 0 Å². The zero-order valence-corrected chi connectivity index (χ0v) is 21.0. The largest absolute Gasteiger partial charge is 0.458 e. The van der Waals surface area contributed by atoms with Crippen LogP contribution in [0.15, 0.2) is 34.1 Å².